The van der Waals surface area contributed by atoms with Crippen LogP contribution in [0.15, 0.2) is 47.6 Å². The summed E-state index contributed by atoms with van der Waals surface area (Å²) in [5.74, 6) is 0.668. The fraction of sp³-hybridized carbons (Fsp3) is 0.133. The molecule has 1 aliphatic heterocycles. The Morgan fingerprint density at radius 2 is 2.13 bits per heavy atom. The number of ether oxygens (including phenoxy) is 1. The summed E-state index contributed by atoms with van der Waals surface area (Å²) in [5, 5.41) is 25.4. The Morgan fingerprint density at radius 3 is 2.83 bits per heavy atom. The molecule has 0 spiro atoms. The Morgan fingerprint density at radius 1 is 1.35 bits per heavy atom. The van der Waals surface area contributed by atoms with Gasteiger partial charge in [-0.15, -0.1) is 0 Å². The number of hydrazone groups is 1. The molecule has 2 N–H and O–H groups in total. The average Bonchev–Trinajstić information content (AvgIpc) is 3.04. The van der Waals surface area contributed by atoms with E-state index in [0.717, 1.165) is 0 Å². The summed E-state index contributed by atoms with van der Waals surface area (Å²) >= 11 is 1.36. The van der Waals surface area contributed by atoms with Crippen LogP contribution in [0.3, 0.4) is 0 Å². The van der Waals surface area contributed by atoms with E-state index in [-0.39, 0.29) is 16.8 Å². The largest absolute Gasteiger partial charge is 0.507 e. The number of nitrogens with one attached hydrogen (secondary N) is 1. The highest BCUT2D eigenvalue weighted by Crippen LogP contribution is 2.41. The number of methoxy groups -OCH3 is 1. The molecule has 1 aliphatic rings. The SMILES string of the molecule is COc1ccc([N+](=O)[O-])cc1[C@H]1NN=C(c2ccccc2O)S1. The minimum Gasteiger partial charge on any atom is -0.507 e. The summed E-state index contributed by atoms with van der Waals surface area (Å²) in [6.07, 6.45) is 0. The summed E-state index contributed by atoms with van der Waals surface area (Å²) in [6, 6.07) is 11.3. The number of nitro groups is 1. The summed E-state index contributed by atoms with van der Waals surface area (Å²) in [7, 11) is 1.51. The van der Waals surface area contributed by atoms with Crippen molar-refractivity contribution in [2.45, 2.75) is 5.37 Å². The smallest absolute Gasteiger partial charge is 0.270 e. The Kier molecular flexibility index (Phi) is 4.07. The lowest BCUT2D eigenvalue weighted by Crippen LogP contribution is -2.08. The number of nitrogens with zero attached hydrogens (tertiary/aromatic N) is 2. The molecular formula is C15H13N3O4S. The predicted octanol–water partition coefficient (Wildman–Crippen LogP) is 3.01. The van der Waals surface area contributed by atoms with E-state index in [9.17, 15) is 15.2 Å². The number of para-hydroxylation sites is 1. The summed E-state index contributed by atoms with van der Waals surface area (Å²) in [6.45, 7) is 0. The molecule has 7 nitrogen and oxygen atoms in total. The van der Waals surface area contributed by atoms with Crippen LogP contribution in [0, 0.1) is 10.1 Å². The van der Waals surface area contributed by atoms with Crippen LogP contribution in [-0.2, 0) is 0 Å². The van der Waals surface area contributed by atoms with Crippen molar-refractivity contribution in [1.82, 2.24) is 5.43 Å². The van der Waals surface area contributed by atoms with Gasteiger partial charge in [0.05, 0.1) is 17.6 Å². The van der Waals surface area contributed by atoms with Crippen molar-refractivity contribution in [1.29, 1.82) is 0 Å². The maximum atomic E-state index is 11.0. The molecule has 0 unspecified atom stereocenters. The molecule has 0 fully saturated rings. The van der Waals surface area contributed by atoms with E-state index in [1.165, 1.54) is 31.0 Å². The van der Waals surface area contributed by atoms with Gasteiger partial charge in [0, 0.05) is 17.7 Å². The van der Waals surface area contributed by atoms with E-state index in [1.54, 1.807) is 30.3 Å². The lowest BCUT2D eigenvalue weighted by Gasteiger charge is -2.13. The molecule has 8 heteroatoms. The third-order valence-electron chi connectivity index (χ3n) is 3.35. The monoisotopic (exact) mass is 331 g/mol. The van der Waals surface area contributed by atoms with Crippen LogP contribution in [0.5, 0.6) is 11.5 Å². The molecule has 1 atom stereocenters. The zero-order chi connectivity index (χ0) is 16.4. The third kappa shape index (κ3) is 2.93. The second kappa shape index (κ2) is 6.17. The van der Waals surface area contributed by atoms with Crippen molar-refractivity contribution in [2.75, 3.05) is 7.11 Å². The molecule has 0 bridgehead atoms. The van der Waals surface area contributed by atoms with Gasteiger partial charge in [0.1, 0.15) is 21.9 Å². The van der Waals surface area contributed by atoms with Crippen molar-refractivity contribution in [3.63, 3.8) is 0 Å². The zero-order valence-corrected chi connectivity index (χ0v) is 12.9. The number of thioether (sulfide) groups is 1. The van der Waals surface area contributed by atoms with Crippen LogP contribution in [0.25, 0.3) is 0 Å². The Labute approximate surface area is 136 Å². The number of phenols is 1. The first-order chi connectivity index (χ1) is 11.1. The fourth-order valence-electron chi connectivity index (χ4n) is 2.23. The molecule has 118 valence electrons. The number of non-ortho nitro benzene ring substituents is 1. The summed E-state index contributed by atoms with van der Waals surface area (Å²) < 4.78 is 5.28. The van der Waals surface area contributed by atoms with Gasteiger partial charge in [-0.2, -0.15) is 5.10 Å². The molecule has 1 heterocycles. The highest BCUT2D eigenvalue weighted by Gasteiger charge is 2.27. The van der Waals surface area contributed by atoms with Gasteiger partial charge < -0.3 is 9.84 Å². The van der Waals surface area contributed by atoms with Crippen LogP contribution >= 0.6 is 11.8 Å². The Hall–Kier alpha value is -2.74. The van der Waals surface area contributed by atoms with Gasteiger partial charge in [0.15, 0.2) is 0 Å². The number of aromatic hydroxyl groups is 1. The molecule has 2 aromatic carbocycles. The normalized spacial score (nSPS) is 16.6. The van der Waals surface area contributed by atoms with Crippen molar-refractivity contribution in [3.8, 4) is 11.5 Å². The van der Waals surface area contributed by atoms with Crippen LogP contribution in [0.1, 0.15) is 16.5 Å². The highest BCUT2D eigenvalue weighted by atomic mass is 32.2. The van der Waals surface area contributed by atoms with Gasteiger partial charge in [-0.25, -0.2) is 0 Å². The second-order valence-electron chi connectivity index (χ2n) is 4.74. The second-order valence-corrected chi connectivity index (χ2v) is 5.84. The molecule has 0 aromatic heterocycles. The lowest BCUT2D eigenvalue weighted by atomic mass is 10.1. The summed E-state index contributed by atoms with van der Waals surface area (Å²) in [5.41, 5.74) is 4.15. The number of nitro benzene ring substituents is 1. The van der Waals surface area contributed by atoms with Crippen LogP contribution in [0.2, 0.25) is 0 Å². The van der Waals surface area contributed by atoms with Gasteiger partial charge >= 0.3 is 0 Å². The van der Waals surface area contributed by atoms with E-state index in [4.69, 9.17) is 4.74 Å². The minimum atomic E-state index is -0.451. The van der Waals surface area contributed by atoms with Crippen molar-refractivity contribution in [3.05, 3.63) is 63.7 Å². The molecule has 0 saturated heterocycles. The maximum absolute atomic E-state index is 11.0. The van der Waals surface area contributed by atoms with Gasteiger partial charge in [0.2, 0.25) is 0 Å². The van der Waals surface area contributed by atoms with Crippen molar-refractivity contribution in [2.24, 2.45) is 5.10 Å². The van der Waals surface area contributed by atoms with E-state index >= 15 is 0 Å². The third-order valence-corrected chi connectivity index (χ3v) is 4.48. The lowest BCUT2D eigenvalue weighted by molar-refractivity contribution is -0.384. The standard InChI is InChI=1S/C15H13N3O4S/c1-22-13-7-6-9(18(20)21)8-11(13)15-17-16-14(23-15)10-4-2-3-5-12(10)19/h2-8,15,17,19H,1H3/t15-/m0/s1. The van der Waals surface area contributed by atoms with E-state index in [0.29, 0.717) is 21.9 Å². The number of benzene rings is 2. The molecule has 0 amide bonds. The first kappa shape index (κ1) is 15.2. The molecule has 0 saturated carbocycles. The van der Waals surface area contributed by atoms with E-state index in [2.05, 4.69) is 10.5 Å². The molecular weight excluding hydrogens is 318 g/mol. The van der Waals surface area contributed by atoms with Gasteiger partial charge in [0.25, 0.3) is 5.69 Å². The Balaban J connectivity index is 1.89. The zero-order valence-electron chi connectivity index (χ0n) is 12.1. The summed E-state index contributed by atoms with van der Waals surface area (Å²) in [4.78, 5) is 10.5. The maximum Gasteiger partial charge on any atom is 0.270 e. The topological polar surface area (TPSA) is 97.0 Å². The van der Waals surface area contributed by atoms with Crippen LogP contribution < -0.4 is 10.2 Å². The van der Waals surface area contributed by atoms with Crippen molar-refractivity contribution >= 4 is 22.5 Å². The molecule has 23 heavy (non-hydrogen) atoms. The van der Waals surface area contributed by atoms with Crippen LogP contribution in [-0.4, -0.2) is 22.2 Å². The van der Waals surface area contributed by atoms with Gasteiger partial charge in [-0.1, -0.05) is 23.9 Å². The minimum absolute atomic E-state index is 0.0146. The first-order valence-corrected chi connectivity index (χ1v) is 7.58. The number of hydrogen-bond acceptors (Lipinski definition) is 7. The average molecular weight is 331 g/mol. The Bertz CT molecular complexity index is 794. The molecule has 0 radical (unpaired) electrons. The molecule has 3 rings (SSSR count). The van der Waals surface area contributed by atoms with Gasteiger partial charge in [-0.05, 0) is 18.2 Å². The number of rotatable bonds is 4. The number of phenolic OH excluding ortho intramolecular Hbond substituents is 1. The molecule has 2 aromatic rings. The first-order valence-electron chi connectivity index (χ1n) is 6.70. The van der Waals surface area contributed by atoms with Gasteiger partial charge in [-0.3, -0.25) is 15.5 Å². The van der Waals surface area contributed by atoms with Crippen LogP contribution in [0.4, 0.5) is 5.69 Å². The van der Waals surface area contributed by atoms with Crippen molar-refractivity contribution < 1.29 is 14.8 Å². The quantitative estimate of drug-likeness (QED) is 0.660. The molecule has 0 aliphatic carbocycles. The highest BCUT2D eigenvalue weighted by molar-refractivity contribution is 8.14. The van der Waals surface area contributed by atoms with E-state index < -0.39 is 4.92 Å². The number of hydrogen-bond donors (Lipinski definition) is 2. The predicted molar refractivity (Wildman–Crippen MR) is 87.8 cm³/mol. The fourth-order valence-corrected chi connectivity index (χ4v) is 3.28. The van der Waals surface area contributed by atoms with E-state index in [1.807, 2.05) is 0 Å².